The van der Waals surface area contributed by atoms with Crippen LogP contribution >= 0.6 is 0 Å². The van der Waals surface area contributed by atoms with Gasteiger partial charge < -0.3 is 9.64 Å². The quantitative estimate of drug-likeness (QED) is 0.726. The van der Waals surface area contributed by atoms with Gasteiger partial charge in [0.15, 0.2) is 0 Å². The van der Waals surface area contributed by atoms with E-state index in [0.717, 1.165) is 63.0 Å². The third-order valence-electron chi connectivity index (χ3n) is 4.26. The van der Waals surface area contributed by atoms with Crippen LogP contribution in [0.25, 0.3) is 11.3 Å². The number of morpholine rings is 1. The van der Waals surface area contributed by atoms with Crippen LogP contribution in [0.4, 0.5) is 5.95 Å². The molecule has 3 rings (SSSR count). The molecule has 0 aliphatic carbocycles. The van der Waals surface area contributed by atoms with Crippen LogP contribution in [0.1, 0.15) is 12.8 Å². The first-order chi connectivity index (χ1) is 11.8. The lowest BCUT2D eigenvalue weighted by Crippen LogP contribution is -2.37. The van der Waals surface area contributed by atoms with Crippen LogP contribution in [0.3, 0.4) is 0 Å². The fourth-order valence-corrected chi connectivity index (χ4v) is 2.82. The summed E-state index contributed by atoms with van der Waals surface area (Å²) in [6, 6.07) is 5.86. The first-order valence-electron chi connectivity index (χ1n) is 8.57. The molecule has 0 spiro atoms. The van der Waals surface area contributed by atoms with Gasteiger partial charge in [-0.2, -0.15) is 0 Å². The number of aromatic nitrogens is 3. The third kappa shape index (κ3) is 4.72. The highest BCUT2D eigenvalue weighted by Gasteiger charge is 2.10. The van der Waals surface area contributed by atoms with Crippen LogP contribution in [0.5, 0.6) is 0 Å². The van der Waals surface area contributed by atoms with Crippen molar-refractivity contribution in [1.82, 2.24) is 19.9 Å². The van der Waals surface area contributed by atoms with Gasteiger partial charge in [0.25, 0.3) is 0 Å². The predicted octanol–water partition coefficient (Wildman–Crippen LogP) is 2.09. The number of rotatable bonds is 7. The summed E-state index contributed by atoms with van der Waals surface area (Å²) in [7, 11) is 2.05. The highest BCUT2D eigenvalue weighted by Crippen LogP contribution is 2.17. The molecule has 6 heteroatoms. The lowest BCUT2D eigenvalue weighted by Gasteiger charge is -2.26. The first-order valence-corrected chi connectivity index (χ1v) is 8.57. The Bertz CT molecular complexity index is 616. The Kier molecular flexibility index (Phi) is 6.09. The van der Waals surface area contributed by atoms with E-state index in [2.05, 4.69) is 31.8 Å². The van der Waals surface area contributed by atoms with E-state index in [1.165, 1.54) is 6.42 Å². The molecule has 0 radical (unpaired) electrons. The van der Waals surface area contributed by atoms with E-state index in [1.807, 2.05) is 30.6 Å². The zero-order valence-corrected chi connectivity index (χ0v) is 14.3. The van der Waals surface area contributed by atoms with Gasteiger partial charge in [-0.25, -0.2) is 9.97 Å². The number of anilines is 1. The average Bonchev–Trinajstić information content (AvgIpc) is 2.67. The Morgan fingerprint density at radius 3 is 2.83 bits per heavy atom. The van der Waals surface area contributed by atoms with Gasteiger partial charge in [-0.05, 0) is 37.6 Å². The van der Waals surface area contributed by atoms with Gasteiger partial charge in [-0.3, -0.25) is 9.88 Å². The molecule has 2 aromatic heterocycles. The minimum absolute atomic E-state index is 0.766. The second-order valence-corrected chi connectivity index (χ2v) is 6.07. The molecule has 1 aliphatic rings. The highest BCUT2D eigenvalue weighted by atomic mass is 16.5. The van der Waals surface area contributed by atoms with Crippen molar-refractivity contribution in [3.05, 3.63) is 36.8 Å². The number of hydrogen-bond donors (Lipinski definition) is 0. The Hall–Kier alpha value is -2.05. The Morgan fingerprint density at radius 1 is 1.17 bits per heavy atom. The molecule has 0 bridgehead atoms. The maximum atomic E-state index is 5.38. The van der Waals surface area contributed by atoms with Gasteiger partial charge in [0.1, 0.15) is 0 Å². The molecule has 1 saturated heterocycles. The molecule has 6 nitrogen and oxygen atoms in total. The molecule has 24 heavy (non-hydrogen) atoms. The number of unbranched alkanes of at least 4 members (excludes halogenated alkanes) is 1. The van der Waals surface area contributed by atoms with Crippen molar-refractivity contribution in [3.63, 3.8) is 0 Å². The summed E-state index contributed by atoms with van der Waals surface area (Å²) in [5.41, 5.74) is 1.93. The molecule has 1 aliphatic heterocycles. The fraction of sp³-hybridized carbons (Fsp3) is 0.500. The van der Waals surface area contributed by atoms with Gasteiger partial charge >= 0.3 is 0 Å². The monoisotopic (exact) mass is 327 g/mol. The van der Waals surface area contributed by atoms with Crippen molar-refractivity contribution in [2.45, 2.75) is 12.8 Å². The standard InChI is InChI=1S/C18H25N5O/c1-22(9-2-3-10-23-11-13-24-14-12-23)18-20-8-6-17(21-18)16-5-4-7-19-15-16/h4-8,15H,2-3,9-14H2,1H3. The maximum Gasteiger partial charge on any atom is 0.225 e. The van der Waals surface area contributed by atoms with Crippen molar-refractivity contribution >= 4 is 5.95 Å². The molecule has 1 fully saturated rings. The topological polar surface area (TPSA) is 54.4 Å². The molecule has 0 saturated carbocycles. The molecule has 2 aromatic rings. The number of hydrogen-bond acceptors (Lipinski definition) is 6. The molecule has 0 amide bonds. The number of nitrogens with zero attached hydrogens (tertiary/aromatic N) is 5. The second kappa shape index (κ2) is 8.70. The van der Waals surface area contributed by atoms with Crippen LogP contribution in [0.15, 0.2) is 36.8 Å². The molecule has 0 N–H and O–H groups in total. The predicted molar refractivity (Wildman–Crippen MR) is 95.0 cm³/mol. The lowest BCUT2D eigenvalue weighted by atomic mass is 10.2. The van der Waals surface area contributed by atoms with E-state index in [-0.39, 0.29) is 0 Å². The zero-order chi connectivity index (χ0) is 16.6. The number of ether oxygens (including phenoxy) is 1. The fourth-order valence-electron chi connectivity index (χ4n) is 2.82. The molecule has 0 aromatic carbocycles. The first kappa shape index (κ1) is 16.8. The summed E-state index contributed by atoms with van der Waals surface area (Å²) in [6.07, 6.45) is 7.73. The minimum Gasteiger partial charge on any atom is -0.379 e. The Balaban J connectivity index is 1.49. The normalized spacial score (nSPS) is 15.4. The molecule has 0 atom stereocenters. The molecular weight excluding hydrogens is 302 g/mol. The van der Waals surface area contributed by atoms with Crippen LogP contribution in [0.2, 0.25) is 0 Å². The molecule has 128 valence electrons. The Morgan fingerprint density at radius 2 is 2.04 bits per heavy atom. The van der Waals surface area contributed by atoms with Crippen LogP contribution in [-0.4, -0.2) is 66.3 Å². The minimum atomic E-state index is 0.766. The van der Waals surface area contributed by atoms with Crippen LogP contribution in [0, 0.1) is 0 Å². The van der Waals surface area contributed by atoms with E-state index in [1.54, 1.807) is 6.20 Å². The van der Waals surface area contributed by atoms with Crippen molar-refractivity contribution < 1.29 is 4.74 Å². The maximum absolute atomic E-state index is 5.38. The van der Waals surface area contributed by atoms with E-state index >= 15 is 0 Å². The van der Waals surface area contributed by atoms with Crippen molar-refractivity contribution in [3.8, 4) is 11.3 Å². The van der Waals surface area contributed by atoms with Crippen molar-refractivity contribution in [1.29, 1.82) is 0 Å². The van der Waals surface area contributed by atoms with Gasteiger partial charge in [0, 0.05) is 50.8 Å². The smallest absolute Gasteiger partial charge is 0.225 e. The summed E-state index contributed by atoms with van der Waals surface area (Å²) in [6.45, 7) is 5.97. The van der Waals surface area contributed by atoms with E-state index in [4.69, 9.17) is 4.74 Å². The third-order valence-corrected chi connectivity index (χ3v) is 4.26. The van der Waals surface area contributed by atoms with Crippen LogP contribution < -0.4 is 4.90 Å². The lowest BCUT2D eigenvalue weighted by molar-refractivity contribution is 0.0372. The SMILES string of the molecule is CN(CCCCN1CCOCC1)c1nccc(-c2cccnc2)n1. The summed E-state index contributed by atoms with van der Waals surface area (Å²) in [5.74, 6) is 0.766. The van der Waals surface area contributed by atoms with Crippen molar-refractivity contribution in [2.75, 3.05) is 51.3 Å². The average molecular weight is 327 g/mol. The van der Waals surface area contributed by atoms with Gasteiger partial charge in [0.2, 0.25) is 5.95 Å². The van der Waals surface area contributed by atoms with Gasteiger partial charge in [-0.15, -0.1) is 0 Å². The second-order valence-electron chi connectivity index (χ2n) is 6.07. The Labute approximate surface area is 143 Å². The molecular formula is C18H25N5O. The summed E-state index contributed by atoms with van der Waals surface area (Å²) in [4.78, 5) is 17.8. The molecule has 0 unspecified atom stereocenters. The van der Waals surface area contributed by atoms with E-state index < -0.39 is 0 Å². The van der Waals surface area contributed by atoms with Crippen LogP contribution in [-0.2, 0) is 4.74 Å². The zero-order valence-electron chi connectivity index (χ0n) is 14.3. The van der Waals surface area contributed by atoms with Gasteiger partial charge in [0.05, 0.1) is 18.9 Å². The highest BCUT2D eigenvalue weighted by molar-refractivity contribution is 5.58. The summed E-state index contributed by atoms with van der Waals surface area (Å²) < 4.78 is 5.38. The van der Waals surface area contributed by atoms with E-state index in [9.17, 15) is 0 Å². The van der Waals surface area contributed by atoms with Crippen molar-refractivity contribution in [2.24, 2.45) is 0 Å². The van der Waals surface area contributed by atoms with E-state index in [0.29, 0.717) is 0 Å². The summed E-state index contributed by atoms with van der Waals surface area (Å²) in [5, 5.41) is 0. The van der Waals surface area contributed by atoms with Gasteiger partial charge in [-0.1, -0.05) is 0 Å². The number of pyridine rings is 1. The largest absolute Gasteiger partial charge is 0.379 e. The summed E-state index contributed by atoms with van der Waals surface area (Å²) >= 11 is 0. The molecule has 3 heterocycles.